The molecular formula is C12H17NO5. The summed E-state index contributed by atoms with van der Waals surface area (Å²) in [5.41, 5.74) is -1.51. The van der Waals surface area contributed by atoms with E-state index in [1.807, 2.05) is 0 Å². The minimum absolute atomic E-state index is 0.165. The lowest BCUT2D eigenvalue weighted by molar-refractivity contribution is -0.331. The van der Waals surface area contributed by atoms with Gasteiger partial charge in [0, 0.05) is 25.4 Å². The van der Waals surface area contributed by atoms with Gasteiger partial charge in [0.25, 0.3) is 0 Å². The number of unbranched alkanes of at least 4 members (excludes halogenated alkanes) is 1. The molecule has 1 aliphatic carbocycles. The van der Waals surface area contributed by atoms with Crippen LogP contribution in [0.2, 0.25) is 0 Å². The van der Waals surface area contributed by atoms with Crippen LogP contribution < -0.4 is 0 Å². The number of piperidine rings is 1. The lowest BCUT2D eigenvalue weighted by Gasteiger charge is -2.64. The number of carbonyl (C=O) groups is 1. The maximum Gasteiger partial charge on any atom is 0.310 e. The third-order valence-corrected chi connectivity index (χ3v) is 3.99. The van der Waals surface area contributed by atoms with Crippen molar-refractivity contribution >= 4 is 5.97 Å². The fraction of sp³-hybridized carbons (Fsp3) is 0.750. The van der Waals surface area contributed by atoms with Crippen LogP contribution in [0.4, 0.5) is 0 Å². The van der Waals surface area contributed by atoms with Gasteiger partial charge in [0.15, 0.2) is 0 Å². The monoisotopic (exact) mass is 255 g/mol. The van der Waals surface area contributed by atoms with Crippen molar-refractivity contribution in [2.45, 2.75) is 43.2 Å². The van der Waals surface area contributed by atoms with E-state index in [2.05, 4.69) is 5.92 Å². The molecule has 0 aromatic rings. The molecule has 0 amide bonds. The first-order valence-corrected chi connectivity index (χ1v) is 5.95. The Morgan fingerprint density at radius 1 is 1.50 bits per heavy atom. The van der Waals surface area contributed by atoms with Crippen LogP contribution in [0.1, 0.15) is 19.3 Å². The Hall–Kier alpha value is -1.13. The van der Waals surface area contributed by atoms with Crippen LogP contribution in [0.3, 0.4) is 0 Å². The van der Waals surface area contributed by atoms with Crippen LogP contribution in [0, 0.1) is 18.3 Å². The largest absolute Gasteiger partial charge is 0.481 e. The van der Waals surface area contributed by atoms with E-state index < -0.39 is 35.9 Å². The predicted octanol–water partition coefficient (Wildman–Crippen LogP) is -1.40. The van der Waals surface area contributed by atoms with Gasteiger partial charge >= 0.3 is 5.97 Å². The van der Waals surface area contributed by atoms with Crippen molar-refractivity contribution in [3.63, 3.8) is 0 Å². The molecule has 6 nitrogen and oxygen atoms in total. The van der Waals surface area contributed by atoms with E-state index in [0.29, 0.717) is 19.4 Å². The third kappa shape index (κ3) is 1.71. The molecule has 0 spiro atoms. The summed E-state index contributed by atoms with van der Waals surface area (Å²) in [7, 11) is 0. The van der Waals surface area contributed by atoms with Crippen molar-refractivity contribution in [2.75, 3.05) is 6.54 Å². The maximum absolute atomic E-state index is 11.1. The summed E-state index contributed by atoms with van der Waals surface area (Å²) >= 11 is 0. The van der Waals surface area contributed by atoms with Gasteiger partial charge in [0.2, 0.25) is 0 Å². The Kier molecular flexibility index (Phi) is 3.34. The number of nitrogens with zero attached hydrogens (tertiary/aromatic N) is 1. The molecule has 2 saturated heterocycles. The number of hydrogen-bond acceptors (Lipinski definition) is 5. The summed E-state index contributed by atoms with van der Waals surface area (Å²) in [6.07, 6.45) is 3.54. The number of aliphatic hydroxyl groups is 3. The molecule has 2 heterocycles. The van der Waals surface area contributed by atoms with Crippen molar-refractivity contribution in [1.82, 2.24) is 4.90 Å². The molecule has 2 bridgehead atoms. The number of fused-ring (bicyclic) bond motifs is 2. The first-order chi connectivity index (χ1) is 8.43. The van der Waals surface area contributed by atoms with Gasteiger partial charge in [-0.2, -0.15) is 0 Å². The molecule has 18 heavy (non-hydrogen) atoms. The number of aliphatic hydroxyl groups excluding tert-OH is 2. The topological polar surface area (TPSA) is 101 Å². The summed E-state index contributed by atoms with van der Waals surface area (Å²) < 4.78 is 0. The quantitative estimate of drug-likeness (QED) is 0.364. The van der Waals surface area contributed by atoms with Gasteiger partial charge < -0.3 is 20.4 Å². The minimum Gasteiger partial charge on any atom is -0.481 e. The summed E-state index contributed by atoms with van der Waals surface area (Å²) in [6, 6.07) is -0.441. The Morgan fingerprint density at radius 3 is 2.72 bits per heavy atom. The first kappa shape index (κ1) is 13.3. The number of carboxylic acid groups (broad SMARTS) is 1. The lowest BCUT2D eigenvalue weighted by Crippen LogP contribution is -2.81. The Labute approximate surface area is 105 Å². The SMILES string of the molecule is C#CCCCN1[C@H]2CC1(O)[C@@H](O)[C@H](O)[C@H]2C(=O)O. The normalized spacial score (nSPS) is 43.0. The molecule has 3 fully saturated rings. The molecule has 3 aliphatic rings. The van der Waals surface area contributed by atoms with E-state index in [0.717, 1.165) is 0 Å². The van der Waals surface area contributed by atoms with Gasteiger partial charge in [0.1, 0.15) is 17.7 Å². The fourth-order valence-corrected chi connectivity index (χ4v) is 3.04. The Morgan fingerprint density at radius 2 is 2.17 bits per heavy atom. The molecule has 0 radical (unpaired) electrons. The summed E-state index contributed by atoms with van der Waals surface area (Å²) in [5, 5.41) is 38.9. The Bertz CT molecular complexity index is 392. The van der Waals surface area contributed by atoms with Crippen molar-refractivity contribution in [2.24, 2.45) is 5.92 Å². The van der Waals surface area contributed by atoms with Crippen molar-refractivity contribution in [1.29, 1.82) is 0 Å². The standard InChI is InChI=1S/C12H17NO5/c1-2-3-4-5-13-7-6-12(13,18)10(15)9(14)8(7)11(16)17/h1,7-10,14-15,18H,3-6H2,(H,16,17)/t7-,8-,9+,10-,12?/m0/s1. The molecular weight excluding hydrogens is 238 g/mol. The van der Waals surface area contributed by atoms with Crippen LogP contribution in [-0.4, -0.2) is 61.8 Å². The summed E-state index contributed by atoms with van der Waals surface area (Å²) in [5.74, 6) is 0.240. The van der Waals surface area contributed by atoms with Crippen LogP contribution in [0.15, 0.2) is 0 Å². The molecule has 4 N–H and O–H groups in total. The predicted molar refractivity (Wildman–Crippen MR) is 61.3 cm³/mol. The van der Waals surface area contributed by atoms with Crippen molar-refractivity contribution < 1.29 is 25.2 Å². The number of rotatable bonds is 4. The lowest BCUT2D eigenvalue weighted by atomic mass is 9.66. The molecule has 0 aromatic carbocycles. The van der Waals surface area contributed by atoms with Gasteiger partial charge in [-0.25, -0.2) is 0 Å². The van der Waals surface area contributed by atoms with E-state index >= 15 is 0 Å². The molecule has 3 rings (SSSR count). The number of aliphatic carboxylic acids is 1. The molecule has 1 unspecified atom stereocenters. The van der Waals surface area contributed by atoms with Gasteiger partial charge in [-0.3, -0.25) is 9.69 Å². The zero-order valence-corrected chi connectivity index (χ0v) is 9.86. The minimum atomic E-state index is -1.51. The Balaban J connectivity index is 2.13. The molecule has 5 atom stereocenters. The molecule has 100 valence electrons. The van der Waals surface area contributed by atoms with Crippen LogP contribution in [0.5, 0.6) is 0 Å². The van der Waals surface area contributed by atoms with E-state index in [9.17, 15) is 20.1 Å². The van der Waals surface area contributed by atoms with Crippen molar-refractivity contribution in [3.05, 3.63) is 0 Å². The van der Waals surface area contributed by atoms with Gasteiger partial charge in [-0.05, 0) is 6.42 Å². The van der Waals surface area contributed by atoms with E-state index in [1.165, 1.54) is 0 Å². The first-order valence-electron chi connectivity index (χ1n) is 5.95. The molecule has 6 heteroatoms. The highest BCUT2D eigenvalue weighted by atomic mass is 16.4. The van der Waals surface area contributed by atoms with Crippen LogP contribution in [0.25, 0.3) is 0 Å². The highest BCUT2D eigenvalue weighted by Gasteiger charge is 2.67. The van der Waals surface area contributed by atoms with E-state index in [4.69, 9.17) is 11.5 Å². The molecule has 2 aliphatic heterocycles. The zero-order chi connectivity index (χ0) is 13.5. The van der Waals surface area contributed by atoms with Crippen LogP contribution >= 0.6 is 0 Å². The summed E-state index contributed by atoms with van der Waals surface area (Å²) in [4.78, 5) is 12.7. The second-order valence-electron chi connectivity index (χ2n) is 4.95. The smallest absolute Gasteiger partial charge is 0.310 e. The second kappa shape index (κ2) is 4.52. The maximum atomic E-state index is 11.1. The van der Waals surface area contributed by atoms with E-state index in [1.54, 1.807) is 4.90 Å². The highest BCUT2D eigenvalue weighted by Crippen LogP contribution is 2.48. The summed E-state index contributed by atoms with van der Waals surface area (Å²) in [6.45, 7) is 0.416. The zero-order valence-electron chi connectivity index (χ0n) is 9.86. The second-order valence-corrected chi connectivity index (χ2v) is 4.95. The average molecular weight is 255 g/mol. The highest BCUT2D eigenvalue weighted by molar-refractivity contribution is 5.72. The van der Waals surface area contributed by atoms with Crippen LogP contribution in [-0.2, 0) is 4.79 Å². The fourth-order valence-electron chi connectivity index (χ4n) is 3.04. The van der Waals surface area contributed by atoms with Gasteiger partial charge in [-0.1, -0.05) is 0 Å². The average Bonchev–Trinajstić information content (AvgIpc) is 2.30. The number of terminal acetylenes is 1. The molecule has 0 aromatic heterocycles. The molecule has 1 saturated carbocycles. The third-order valence-electron chi connectivity index (χ3n) is 3.99. The van der Waals surface area contributed by atoms with Gasteiger partial charge in [0.05, 0.1) is 6.10 Å². The van der Waals surface area contributed by atoms with Crippen molar-refractivity contribution in [3.8, 4) is 12.3 Å². The number of hydrogen-bond donors (Lipinski definition) is 4. The van der Waals surface area contributed by atoms with Gasteiger partial charge in [-0.15, -0.1) is 12.3 Å². The van der Waals surface area contributed by atoms with E-state index in [-0.39, 0.29) is 6.42 Å². The number of carboxylic acids is 1.